The molecule has 0 fully saturated rings. The van der Waals surface area contributed by atoms with Crippen LogP contribution in [0.25, 0.3) is 10.9 Å². The predicted octanol–water partition coefficient (Wildman–Crippen LogP) is 5.70. The van der Waals surface area contributed by atoms with Crippen molar-refractivity contribution in [3.05, 3.63) is 94.8 Å². The molecule has 1 atom stereocenters. The number of fused-ring (bicyclic) bond motifs is 1. The Hall–Kier alpha value is -4.06. The van der Waals surface area contributed by atoms with Crippen LogP contribution in [0.1, 0.15) is 24.9 Å². The van der Waals surface area contributed by atoms with Crippen molar-refractivity contribution in [3.8, 4) is 17.2 Å². The van der Waals surface area contributed by atoms with Crippen LogP contribution in [-0.4, -0.2) is 17.6 Å². The molecule has 0 saturated heterocycles. The summed E-state index contributed by atoms with van der Waals surface area (Å²) in [5, 5.41) is 3.81. The fourth-order valence-electron chi connectivity index (χ4n) is 3.95. The minimum atomic E-state index is -0.697. The van der Waals surface area contributed by atoms with E-state index in [0.29, 0.717) is 29.1 Å². The van der Waals surface area contributed by atoms with Crippen molar-refractivity contribution in [3.63, 3.8) is 0 Å². The van der Waals surface area contributed by atoms with Gasteiger partial charge in [0.1, 0.15) is 23.3 Å². The topological polar surface area (TPSA) is 69.6 Å². The number of hydrogen-bond donors (Lipinski definition) is 1. The molecule has 6 nitrogen and oxygen atoms in total. The fourth-order valence-corrected chi connectivity index (χ4v) is 3.95. The number of nitrogens with zero attached hydrogens (tertiary/aromatic N) is 1. The van der Waals surface area contributed by atoms with Crippen LogP contribution in [0.15, 0.2) is 83.7 Å². The number of ether oxygens (including phenoxy) is 2. The molecular formula is C27H26N2O4. The molecule has 1 amide bonds. The summed E-state index contributed by atoms with van der Waals surface area (Å²) in [6.45, 7) is 3.77. The van der Waals surface area contributed by atoms with Crippen molar-refractivity contribution in [2.45, 2.75) is 26.3 Å². The van der Waals surface area contributed by atoms with Gasteiger partial charge in [0, 0.05) is 17.1 Å². The highest BCUT2D eigenvalue weighted by Gasteiger charge is 2.24. The Kier molecular flexibility index (Phi) is 6.45. The molecule has 0 aliphatic carbocycles. The number of carbonyl (C=O) groups excluding carboxylic acids is 1. The molecule has 1 heterocycles. The first-order valence-electron chi connectivity index (χ1n) is 10.8. The third-order valence-electron chi connectivity index (χ3n) is 5.56. The molecule has 6 heteroatoms. The first-order chi connectivity index (χ1) is 16.0. The normalized spacial score (nSPS) is 11.7. The number of methoxy groups -OCH3 is 1. The SMILES string of the molecule is CCC(C(=O)Nc1ccc(Oc2ccccc2)cc1)n1c(=O)cc(C)c2cccc(OC)c21. The number of benzene rings is 3. The quantitative estimate of drug-likeness (QED) is 0.399. The van der Waals surface area contributed by atoms with Gasteiger partial charge in [-0.05, 0) is 61.4 Å². The van der Waals surface area contributed by atoms with Crippen molar-refractivity contribution >= 4 is 22.5 Å². The first-order valence-corrected chi connectivity index (χ1v) is 10.8. The van der Waals surface area contributed by atoms with Crippen LogP contribution in [0, 0.1) is 6.92 Å². The van der Waals surface area contributed by atoms with E-state index in [-0.39, 0.29) is 11.5 Å². The zero-order chi connectivity index (χ0) is 23.4. The second-order valence-electron chi connectivity index (χ2n) is 7.74. The van der Waals surface area contributed by atoms with E-state index in [1.807, 2.05) is 56.3 Å². The van der Waals surface area contributed by atoms with E-state index in [2.05, 4.69) is 5.32 Å². The van der Waals surface area contributed by atoms with Crippen LogP contribution in [0.3, 0.4) is 0 Å². The number of hydrogen-bond acceptors (Lipinski definition) is 4. The minimum absolute atomic E-state index is 0.238. The van der Waals surface area contributed by atoms with Crippen LogP contribution in [0.4, 0.5) is 5.69 Å². The van der Waals surface area contributed by atoms with Gasteiger partial charge in [0.05, 0.1) is 12.6 Å². The number of aryl methyl sites for hydroxylation is 1. The number of carbonyl (C=O) groups is 1. The Morgan fingerprint density at radius 3 is 2.33 bits per heavy atom. The van der Waals surface area contributed by atoms with Crippen LogP contribution in [0.2, 0.25) is 0 Å². The summed E-state index contributed by atoms with van der Waals surface area (Å²) in [5.74, 6) is 1.69. The molecule has 33 heavy (non-hydrogen) atoms. The third-order valence-corrected chi connectivity index (χ3v) is 5.56. The van der Waals surface area contributed by atoms with Crippen LogP contribution in [0.5, 0.6) is 17.2 Å². The zero-order valence-corrected chi connectivity index (χ0v) is 18.9. The second kappa shape index (κ2) is 9.61. The number of aromatic nitrogens is 1. The van der Waals surface area contributed by atoms with Crippen molar-refractivity contribution < 1.29 is 14.3 Å². The minimum Gasteiger partial charge on any atom is -0.495 e. The number of amides is 1. The van der Waals surface area contributed by atoms with Gasteiger partial charge in [0.2, 0.25) is 5.91 Å². The van der Waals surface area contributed by atoms with E-state index in [0.717, 1.165) is 16.7 Å². The number of rotatable bonds is 7. The highest BCUT2D eigenvalue weighted by molar-refractivity contribution is 5.96. The molecule has 0 saturated carbocycles. The summed E-state index contributed by atoms with van der Waals surface area (Å²) >= 11 is 0. The summed E-state index contributed by atoms with van der Waals surface area (Å²) in [7, 11) is 1.56. The standard InChI is InChI=1S/C27H26N2O4/c1-4-23(29-25(30)17-18(2)22-11-8-12-24(32-3)26(22)29)27(31)28-19-13-15-21(16-14-19)33-20-9-6-5-7-10-20/h5-17,23H,4H2,1-3H3,(H,28,31). The molecule has 4 rings (SSSR count). The number of anilines is 1. The maximum Gasteiger partial charge on any atom is 0.252 e. The molecule has 4 aromatic rings. The maximum absolute atomic E-state index is 13.3. The molecule has 3 aromatic carbocycles. The lowest BCUT2D eigenvalue weighted by molar-refractivity contribution is -0.119. The Labute approximate surface area is 192 Å². The Morgan fingerprint density at radius 1 is 0.970 bits per heavy atom. The van der Waals surface area contributed by atoms with Crippen LogP contribution >= 0.6 is 0 Å². The molecule has 168 valence electrons. The van der Waals surface area contributed by atoms with Crippen molar-refractivity contribution in [1.82, 2.24) is 4.57 Å². The number of nitrogens with one attached hydrogen (secondary N) is 1. The summed E-state index contributed by atoms with van der Waals surface area (Å²) in [4.78, 5) is 26.3. The van der Waals surface area contributed by atoms with Crippen molar-refractivity contribution in [2.24, 2.45) is 0 Å². The summed E-state index contributed by atoms with van der Waals surface area (Å²) in [6.07, 6.45) is 0.442. The predicted molar refractivity (Wildman–Crippen MR) is 130 cm³/mol. The van der Waals surface area contributed by atoms with E-state index in [4.69, 9.17) is 9.47 Å². The molecular weight excluding hydrogens is 416 g/mol. The third kappa shape index (κ3) is 4.60. The lowest BCUT2D eigenvalue weighted by atomic mass is 10.1. The van der Waals surface area contributed by atoms with E-state index >= 15 is 0 Å². The molecule has 1 N–H and O–H groups in total. The van der Waals surface area contributed by atoms with Gasteiger partial charge in [-0.1, -0.05) is 37.3 Å². The largest absolute Gasteiger partial charge is 0.495 e. The van der Waals surface area contributed by atoms with Gasteiger partial charge in [-0.3, -0.25) is 14.2 Å². The number of pyridine rings is 1. The Bertz CT molecular complexity index is 1330. The summed E-state index contributed by atoms with van der Waals surface area (Å²) in [5.41, 5.74) is 1.85. The van der Waals surface area contributed by atoms with Crippen LogP contribution in [-0.2, 0) is 4.79 Å². The number of para-hydroxylation sites is 2. The zero-order valence-electron chi connectivity index (χ0n) is 18.9. The van der Waals surface area contributed by atoms with Gasteiger partial charge in [0.25, 0.3) is 5.56 Å². The Morgan fingerprint density at radius 2 is 1.67 bits per heavy atom. The molecule has 0 radical (unpaired) electrons. The van der Waals surface area contributed by atoms with Gasteiger partial charge in [0.15, 0.2) is 0 Å². The molecule has 1 aromatic heterocycles. The average molecular weight is 443 g/mol. The lowest BCUT2D eigenvalue weighted by Gasteiger charge is -2.22. The van der Waals surface area contributed by atoms with Gasteiger partial charge in [-0.25, -0.2) is 0 Å². The van der Waals surface area contributed by atoms with E-state index in [1.54, 1.807) is 43.5 Å². The Balaban J connectivity index is 1.62. The maximum atomic E-state index is 13.3. The smallest absolute Gasteiger partial charge is 0.252 e. The van der Waals surface area contributed by atoms with Crippen molar-refractivity contribution in [2.75, 3.05) is 12.4 Å². The average Bonchev–Trinajstić information content (AvgIpc) is 2.83. The fraction of sp³-hybridized carbons (Fsp3) is 0.185. The van der Waals surface area contributed by atoms with E-state index in [1.165, 1.54) is 4.57 Å². The second-order valence-corrected chi connectivity index (χ2v) is 7.74. The van der Waals surface area contributed by atoms with Gasteiger partial charge < -0.3 is 14.8 Å². The highest BCUT2D eigenvalue weighted by atomic mass is 16.5. The monoisotopic (exact) mass is 442 g/mol. The molecule has 0 spiro atoms. The highest BCUT2D eigenvalue weighted by Crippen LogP contribution is 2.30. The van der Waals surface area contributed by atoms with Gasteiger partial charge in [-0.15, -0.1) is 0 Å². The summed E-state index contributed by atoms with van der Waals surface area (Å²) in [6, 6.07) is 23.1. The molecule has 0 aliphatic rings. The summed E-state index contributed by atoms with van der Waals surface area (Å²) < 4.78 is 12.9. The first kappa shape index (κ1) is 22.1. The molecule has 0 aliphatic heterocycles. The van der Waals surface area contributed by atoms with Crippen LogP contribution < -0.4 is 20.3 Å². The van der Waals surface area contributed by atoms with Crippen molar-refractivity contribution in [1.29, 1.82) is 0 Å². The molecule has 1 unspecified atom stereocenters. The van der Waals surface area contributed by atoms with E-state index in [9.17, 15) is 9.59 Å². The van der Waals surface area contributed by atoms with E-state index < -0.39 is 6.04 Å². The molecule has 0 bridgehead atoms. The lowest BCUT2D eigenvalue weighted by Crippen LogP contribution is -2.33. The van der Waals surface area contributed by atoms with Gasteiger partial charge in [-0.2, -0.15) is 0 Å². The van der Waals surface area contributed by atoms with Gasteiger partial charge >= 0.3 is 0 Å².